The molecule has 0 saturated carbocycles. The molecule has 1 aromatic carbocycles. The monoisotopic (exact) mass is 303 g/mol. The van der Waals surface area contributed by atoms with Crippen LogP contribution in [0.2, 0.25) is 0 Å². The molecule has 1 heterocycles. The second kappa shape index (κ2) is 6.87. The number of benzene rings is 1. The lowest BCUT2D eigenvalue weighted by Gasteiger charge is -2.17. The summed E-state index contributed by atoms with van der Waals surface area (Å²) in [7, 11) is 0. The van der Waals surface area contributed by atoms with Gasteiger partial charge in [0.15, 0.2) is 0 Å². The van der Waals surface area contributed by atoms with Crippen LogP contribution >= 0.6 is 11.3 Å². The first-order chi connectivity index (χ1) is 9.97. The molecule has 1 atom stereocenters. The molecule has 0 spiro atoms. The summed E-state index contributed by atoms with van der Waals surface area (Å²) in [6, 6.07) is 8.17. The van der Waals surface area contributed by atoms with Gasteiger partial charge in [-0.05, 0) is 54.5 Å². The van der Waals surface area contributed by atoms with Crippen LogP contribution in [-0.2, 0) is 11.3 Å². The number of nitrogens with one attached hydrogen (secondary N) is 1. The molecule has 0 amide bonds. The van der Waals surface area contributed by atoms with Crippen molar-refractivity contribution >= 4 is 17.3 Å². The quantitative estimate of drug-likeness (QED) is 0.848. The smallest absolute Gasteiger partial charge is 0.305 e. The van der Waals surface area contributed by atoms with E-state index in [1.54, 1.807) is 11.3 Å². The molecule has 0 saturated heterocycles. The molecule has 0 bridgehead atoms. The topological polar surface area (TPSA) is 49.3 Å². The Balaban J connectivity index is 2.12. The molecule has 4 heteroatoms. The molecule has 2 aromatic rings. The van der Waals surface area contributed by atoms with Gasteiger partial charge in [-0.1, -0.05) is 18.2 Å². The Morgan fingerprint density at radius 1 is 1.24 bits per heavy atom. The summed E-state index contributed by atoms with van der Waals surface area (Å²) >= 11 is 1.59. The van der Waals surface area contributed by atoms with Crippen molar-refractivity contribution < 1.29 is 9.90 Å². The van der Waals surface area contributed by atoms with Crippen molar-refractivity contribution in [2.75, 3.05) is 0 Å². The third-order valence-electron chi connectivity index (χ3n) is 3.76. The van der Waals surface area contributed by atoms with E-state index in [9.17, 15) is 4.79 Å². The highest BCUT2D eigenvalue weighted by Crippen LogP contribution is 2.23. The van der Waals surface area contributed by atoms with Gasteiger partial charge in [0.25, 0.3) is 0 Å². The van der Waals surface area contributed by atoms with Gasteiger partial charge < -0.3 is 10.4 Å². The van der Waals surface area contributed by atoms with E-state index < -0.39 is 5.97 Å². The van der Waals surface area contributed by atoms with E-state index in [2.05, 4.69) is 38.2 Å². The summed E-state index contributed by atoms with van der Waals surface area (Å²) in [5.74, 6) is -0.780. The number of rotatable bonds is 6. The van der Waals surface area contributed by atoms with E-state index in [4.69, 9.17) is 5.11 Å². The van der Waals surface area contributed by atoms with E-state index in [0.29, 0.717) is 6.54 Å². The van der Waals surface area contributed by atoms with Crippen LogP contribution in [-0.4, -0.2) is 11.1 Å². The first-order valence-corrected chi connectivity index (χ1v) is 7.90. The Kier molecular flexibility index (Phi) is 5.15. The standard InChI is InChI=1S/C17H21NO2S/c1-11-7-13(3)14(8-12(11)2)10-18-15(9-17(19)20)16-5-4-6-21-16/h4-8,15,18H,9-10H2,1-3H3,(H,19,20). The summed E-state index contributed by atoms with van der Waals surface area (Å²) in [5, 5.41) is 14.4. The zero-order valence-corrected chi connectivity index (χ0v) is 13.5. The van der Waals surface area contributed by atoms with Crippen LogP contribution in [0.5, 0.6) is 0 Å². The molecular formula is C17H21NO2S. The average molecular weight is 303 g/mol. The summed E-state index contributed by atoms with van der Waals surface area (Å²) < 4.78 is 0. The van der Waals surface area contributed by atoms with Gasteiger partial charge in [-0.3, -0.25) is 4.79 Å². The van der Waals surface area contributed by atoms with Crippen molar-refractivity contribution in [3.05, 3.63) is 56.8 Å². The predicted octanol–water partition coefficient (Wildman–Crippen LogP) is 3.98. The Morgan fingerprint density at radius 3 is 2.57 bits per heavy atom. The van der Waals surface area contributed by atoms with E-state index in [-0.39, 0.29) is 12.5 Å². The highest BCUT2D eigenvalue weighted by molar-refractivity contribution is 7.10. The minimum Gasteiger partial charge on any atom is -0.481 e. The lowest BCUT2D eigenvalue weighted by atomic mass is 10.0. The lowest BCUT2D eigenvalue weighted by Crippen LogP contribution is -2.23. The van der Waals surface area contributed by atoms with Gasteiger partial charge in [-0.2, -0.15) is 0 Å². The molecule has 2 rings (SSSR count). The number of aryl methyl sites for hydroxylation is 3. The number of hydrogen-bond acceptors (Lipinski definition) is 3. The molecule has 112 valence electrons. The van der Waals surface area contributed by atoms with Crippen LogP contribution in [0, 0.1) is 20.8 Å². The van der Waals surface area contributed by atoms with Crippen molar-refractivity contribution in [1.82, 2.24) is 5.32 Å². The van der Waals surface area contributed by atoms with Gasteiger partial charge in [0.05, 0.1) is 12.5 Å². The Bertz CT molecular complexity index is 620. The van der Waals surface area contributed by atoms with Crippen LogP contribution in [0.1, 0.15) is 39.6 Å². The van der Waals surface area contributed by atoms with Crippen molar-refractivity contribution in [1.29, 1.82) is 0 Å². The maximum atomic E-state index is 11.0. The van der Waals surface area contributed by atoms with Gasteiger partial charge in [-0.15, -0.1) is 11.3 Å². The molecule has 21 heavy (non-hydrogen) atoms. The second-order valence-corrected chi connectivity index (χ2v) is 6.39. The van der Waals surface area contributed by atoms with E-state index >= 15 is 0 Å². The number of aliphatic carboxylic acids is 1. The lowest BCUT2D eigenvalue weighted by molar-refractivity contribution is -0.137. The maximum absolute atomic E-state index is 11.0. The Morgan fingerprint density at radius 2 is 1.95 bits per heavy atom. The first kappa shape index (κ1) is 15.7. The van der Waals surface area contributed by atoms with Crippen LogP contribution in [0.15, 0.2) is 29.6 Å². The summed E-state index contributed by atoms with van der Waals surface area (Å²) in [5.41, 5.74) is 5.02. The molecule has 0 fully saturated rings. The zero-order valence-electron chi connectivity index (χ0n) is 12.6. The average Bonchev–Trinajstić information content (AvgIpc) is 2.93. The number of carbonyl (C=O) groups is 1. The van der Waals surface area contributed by atoms with Crippen molar-refractivity contribution in [2.24, 2.45) is 0 Å². The van der Waals surface area contributed by atoms with Gasteiger partial charge >= 0.3 is 5.97 Å². The van der Waals surface area contributed by atoms with Gasteiger partial charge in [-0.25, -0.2) is 0 Å². The minimum atomic E-state index is -0.780. The Hall–Kier alpha value is -1.65. The molecule has 1 unspecified atom stereocenters. The number of carboxylic acids is 1. The van der Waals surface area contributed by atoms with Crippen LogP contribution < -0.4 is 5.32 Å². The summed E-state index contributed by atoms with van der Waals surface area (Å²) in [4.78, 5) is 12.1. The molecule has 0 aliphatic rings. The summed E-state index contributed by atoms with van der Waals surface area (Å²) in [6.45, 7) is 6.99. The molecule has 0 aliphatic heterocycles. The van der Waals surface area contributed by atoms with Crippen molar-refractivity contribution in [2.45, 2.75) is 39.8 Å². The fraction of sp³-hybridized carbons (Fsp3) is 0.353. The largest absolute Gasteiger partial charge is 0.481 e. The van der Waals surface area contributed by atoms with Gasteiger partial charge in [0, 0.05) is 11.4 Å². The van der Waals surface area contributed by atoms with Crippen molar-refractivity contribution in [3.63, 3.8) is 0 Å². The number of carboxylic acid groups (broad SMARTS) is 1. The van der Waals surface area contributed by atoms with Crippen LogP contribution in [0.25, 0.3) is 0 Å². The molecule has 2 N–H and O–H groups in total. The highest BCUT2D eigenvalue weighted by atomic mass is 32.1. The second-order valence-electron chi connectivity index (χ2n) is 5.41. The molecule has 0 aliphatic carbocycles. The van der Waals surface area contributed by atoms with Crippen LogP contribution in [0.4, 0.5) is 0 Å². The maximum Gasteiger partial charge on any atom is 0.305 e. The fourth-order valence-electron chi connectivity index (χ4n) is 2.38. The van der Waals surface area contributed by atoms with E-state index in [1.165, 1.54) is 22.3 Å². The molecule has 0 radical (unpaired) electrons. The molecular weight excluding hydrogens is 282 g/mol. The third kappa shape index (κ3) is 4.16. The first-order valence-electron chi connectivity index (χ1n) is 7.02. The highest BCUT2D eigenvalue weighted by Gasteiger charge is 2.16. The third-order valence-corrected chi connectivity index (χ3v) is 4.74. The molecule has 3 nitrogen and oxygen atoms in total. The van der Waals surface area contributed by atoms with Crippen LogP contribution in [0.3, 0.4) is 0 Å². The molecule has 1 aromatic heterocycles. The fourth-order valence-corrected chi connectivity index (χ4v) is 3.18. The van der Waals surface area contributed by atoms with Gasteiger partial charge in [0.1, 0.15) is 0 Å². The number of hydrogen-bond donors (Lipinski definition) is 2. The Labute approximate surface area is 129 Å². The zero-order chi connectivity index (χ0) is 15.4. The summed E-state index contributed by atoms with van der Waals surface area (Å²) in [6.07, 6.45) is 0.102. The van der Waals surface area contributed by atoms with Crippen molar-refractivity contribution in [3.8, 4) is 0 Å². The number of thiophene rings is 1. The normalized spacial score (nSPS) is 12.3. The van der Waals surface area contributed by atoms with Gasteiger partial charge in [0.2, 0.25) is 0 Å². The predicted molar refractivity (Wildman–Crippen MR) is 86.8 cm³/mol. The van der Waals surface area contributed by atoms with E-state index in [0.717, 1.165) is 4.88 Å². The SMILES string of the molecule is Cc1cc(C)c(CNC(CC(=O)O)c2cccs2)cc1C. The minimum absolute atomic E-state index is 0.102. The van der Waals surface area contributed by atoms with E-state index in [1.807, 2.05) is 17.5 Å².